The summed E-state index contributed by atoms with van der Waals surface area (Å²) >= 11 is 0. The van der Waals surface area contributed by atoms with E-state index in [0.717, 1.165) is 16.5 Å². The van der Waals surface area contributed by atoms with E-state index in [2.05, 4.69) is 0 Å². The lowest BCUT2D eigenvalue weighted by atomic mass is 10.2. The van der Waals surface area contributed by atoms with Gasteiger partial charge in [-0.2, -0.15) is 0 Å². The lowest BCUT2D eigenvalue weighted by Crippen LogP contribution is -2.09. The van der Waals surface area contributed by atoms with E-state index in [1.54, 1.807) is 34.9 Å². The number of fused-ring (bicyclic) bond motifs is 1. The Labute approximate surface area is 115 Å². The van der Waals surface area contributed by atoms with Crippen LogP contribution < -0.4 is 0 Å². The highest BCUT2D eigenvalue weighted by Gasteiger charge is 2.14. The molecule has 1 heterocycles. The van der Waals surface area contributed by atoms with Crippen LogP contribution in [0, 0.1) is 0 Å². The first-order valence-corrected chi connectivity index (χ1v) is 6.24. The fraction of sp³-hybridized carbons (Fsp3) is 0.0625. The highest BCUT2D eigenvalue weighted by atomic mass is 16.4. The second-order valence-electron chi connectivity index (χ2n) is 4.65. The first-order valence-electron chi connectivity index (χ1n) is 6.24. The fourth-order valence-corrected chi connectivity index (χ4v) is 2.34. The Morgan fingerprint density at radius 1 is 1.05 bits per heavy atom. The van der Waals surface area contributed by atoms with Crippen molar-refractivity contribution in [3.05, 3.63) is 65.9 Å². The molecular formula is C16H13NO3. The number of phenols is 1. The molecular weight excluding hydrogens is 254 g/mol. The molecule has 0 aliphatic rings. The minimum Gasteiger partial charge on any atom is -0.508 e. The van der Waals surface area contributed by atoms with Crippen molar-refractivity contribution in [3.63, 3.8) is 0 Å². The van der Waals surface area contributed by atoms with E-state index in [4.69, 9.17) is 0 Å². The predicted octanol–water partition coefficient (Wildman–Crippen LogP) is 3.09. The van der Waals surface area contributed by atoms with E-state index in [-0.39, 0.29) is 11.4 Å². The van der Waals surface area contributed by atoms with Crippen LogP contribution in [-0.4, -0.2) is 20.7 Å². The average molecular weight is 267 g/mol. The van der Waals surface area contributed by atoms with E-state index in [1.165, 1.54) is 0 Å². The molecule has 0 unspecified atom stereocenters. The topological polar surface area (TPSA) is 62.5 Å². The van der Waals surface area contributed by atoms with Gasteiger partial charge < -0.3 is 14.8 Å². The Bertz CT molecular complexity index is 772. The first kappa shape index (κ1) is 12.3. The molecule has 3 aromatic rings. The molecule has 3 rings (SSSR count). The summed E-state index contributed by atoms with van der Waals surface area (Å²) in [5.41, 5.74) is 2.09. The Morgan fingerprint density at radius 2 is 1.75 bits per heavy atom. The van der Waals surface area contributed by atoms with Crippen LogP contribution >= 0.6 is 0 Å². The Balaban J connectivity index is 2.11. The molecule has 0 fully saturated rings. The molecule has 0 aliphatic carbocycles. The zero-order valence-electron chi connectivity index (χ0n) is 10.7. The maximum Gasteiger partial charge on any atom is 0.352 e. The quantitative estimate of drug-likeness (QED) is 0.766. The van der Waals surface area contributed by atoms with Crippen molar-refractivity contribution in [1.82, 2.24) is 4.57 Å². The zero-order valence-corrected chi connectivity index (χ0v) is 10.7. The predicted molar refractivity (Wildman–Crippen MR) is 76.1 cm³/mol. The van der Waals surface area contributed by atoms with Crippen LogP contribution in [-0.2, 0) is 6.54 Å². The van der Waals surface area contributed by atoms with Crippen molar-refractivity contribution in [3.8, 4) is 5.75 Å². The molecule has 4 nitrogen and oxygen atoms in total. The number of aromatic nitrogens is 1. The number of rotatable bonds is 3. The van der Waals surface area contributed by atoms with Gasteiger partial charge >= 0.3 is 5.97 Å². The summed E-state index contributed by atoms with van der Waals surface area (Å²) in [7, 11) is 0. The summed E-state index contributed by atoms with van der Waals surface area (Å²) in [4.78, 5) is 11.4. The van der Waals surface area contributed by atoms with Crippen molar-refractivity contribution in [2.24, 2.45) is 0 Å². The van der Waals surface area contributed by atoms with Gasteiger partial charge in [-0.15, -0.1) is 0 Å². The van der Waals surface area contributed by atoms with Gasteiger partial charge in [0.2, 0.25) is 0 Å². The number of hydrogen-bond acceptors (Lipinski definition) is 2. The van der Waals surface area contributed by atoms with Gasteiger partial charge in [0.25, 0.3) is 0 Å². The van der Waals surface area contributed by atoms with E-state index in [0.29, 0.717) is 6.54 Å². The molecule has 0 amide bonds. The summed E-state index contributed by atoms with van der Waals surface area (Å²) in [6, 6.07) is 16.0. The Hall–Kier alpha value is -2.75. The number of nitrogens with zero attached hydrogens (tertiary/aromatic N) is 1. The summed E-state index contributed by atoms with van der Waals surface area (Å²) in [5.74, 6) is -0.746. The van der Waals surface area contributed by atoms with Gasteiger partial charge in [0.1, 0.15) is 11.4 Å². The van der Waals surface area contributed by atoms with Crippen LogP contribution in [0.3, 0.4) is 0 Å². The number of carboxylic acid groups (broad SMARTS) is 1. The number of phenolic OH excluding ortho intramolecular Hbond substituents is 1. The van der Waals surface area contributed by atoms with Crippen LogP contribution in [0.2, 0.25) is 0 Å². The summed E-state index contributed by atoms with van der Waals surface area (Å²) in [5, 5.41) is 19.5. The van der Waals surface area contributed by atoms with Gasteiger partial charge in [0.05, 0.1) is 0 Å². The van der Waals surface area contributed by atoms with E-state index >= 15 is 0 Å². The molecule has 0 aliphatic heterocycles. The van der Waals surface area contributed by atoms with Gasteiger partial charge in [-0.1, -0.05) is 30.3 Å². The first-order chi connectivity index (χ1) is 9.65. The minimum atomic E-state index is -0.944. The number of benzene rings is 2. The smallest absolute Gasteiger partial charge is 0.352 e. The van der Waals surface area contributed by atoms with E-state index in [9.17, 15) is 15.0 Å². The molecule has 0 saturated carbocycles. The third-order valence-corrected chi connectivity index (χ3v) is 3.31. The third kappa shape index (κ3) is 2.12. The average Bonchev–Trinajstić information content (AvgIpc) is 2.81. The number of aromatic carboxylic acids is 1. The van der Waals surface area contributed by atoms with Crippen LogP contribution in [0.1, 0.15) is 16.1 Å². The molecule has 0 spiro atoms. The molecule has 1 aromatic heterocycles. The second kappa shape index (κ2) is 4.74. The SMILES string of the molecule is O=C(O)c1cc2ccccc2n1Cc1ccc(O)cc1. The highest BCUT2D eigenvalue weighted by Crippen LogP contribution is 2.22. The summed E-state index contributed by atoms with van der Waals surface area (Å²) < 4.78 is 1.77. The van der Waals surface area contributed by atoms with Crippen molar-refractivity contribution in [2.75, 3.05) is 0 Å². The molecule has 0 saturated heterocycles. The second-order valence-corrected chi connectivity index (χ2v) is 4.65. The van der Waals surface area contributed by atoms with Crippen molar-refractivity contribution in [2.45, 2.75) is 6.54 Å². The van der Waals surface area contributed by atoms with Crippen LogP contribution in [0.15, 0.2) is 54.6 Å². The van der Waals surface area contributed by atoms with E-state index in [1.807, 2.05) is 24.3 Å². The van der Waals surface area contributed by atoms with Gasteiger partial charge in [-0.05, 0) is 29.8 Å². The van der Waals surface area contributed by atoms with Crippen molar-refractivity contribution >= 4 is 16.9 Å². The normalized spacial score (nSPS) is 10.8. The molecule has 0 radical (unpaired) electrons. The van der Waals surface area contributed by atoms with E-state index < -0.39 is 5.97 Å². The van der Waals surface area contributed by atoms with Crippen LogP contribution in [0.4, 0.5) is 0 Å². The lowest BCUT2D eigenvalue weighted by Gasteiger charge is -2.08. The largest absolute Gasteiger partial charge is 0.508 e. The number of carbonyl (C=O) groups is 1. The van der Waals surface area contributed by atoms with Crippen molar-refractivity contribution in [1.29, 1.82) is 0 Å². The standard InChI is InChI=1S/C16H13NO3/c18-13-7-5-11(6-8-13)10-17-14-4-2-1-3-12(14)9-15(17)16(19)20/h1-9,18H,10H2,(H,19,20). The van der Waals surface area contributed by atoms with Crippen LogP contribution in [0.5, 0.6) is 5.75 Å². The number of aromatic hydroxyl groups is 1. The highest BCUT2D eigenvalue weighted by molar-refractivity contribution is 5.94. The van der Waals surface area contributed by atoms with Gasteiger partial charge in [-0.3, -0.25) is 0 Å². The Morgan fingerprint density at radius 3 is 2.45 bits per heavy atom. The lowest BCUT2D eigenvalue weighted by molar-refractivity contribution is 0.0686. The molecule has 100 valence electrons. The fourth-order valence-electron chi connectivity index (χ4n) is 2.34. The maximum absolute atomic E-state index is 11.4. The van der Waals surface area contributed by atoms with Gasteiger partial charge in [-0.25, -0.2) is 4.79 Å². The monoisotopic (exact) mass is 267 g/mol. The minimum absolute atomic E-state index is 0.199. The van der Waals surface area contributed by atoms with Crippen LogP contribution in [0.25, 0.3) is 10.9 Å². The number of para-hydroxylation sites is 1. The van der Waals surface area contributed by atoms with Gasteiger partial charge in [0, 0.05) is 17.4 Å². The number of hydrogen-bond donors (Lipinski definition) is 2. The summed E-state index contributed by atoms with van der Waals surface area (Å²) in [6.45, 7) is 0.454. The third-order valence-electron chi connectivity index (χ3n) is 3.31. The molecule has 20 heavy (non-hydrogen) atoms. The van der Waals surface area contributed by atoms with Gasteiger partial charge in [0.15, 0.2) is 0 Å². The molecule has 2 aromatic carbocycles. The maximum atomic E-state index is 11.4. The zero-order chi connectivity index (χ0) is 14.1. The molecule has 0 atom stereocenters. The Kier molecular flexibility index (Phi) is 2.91. The summed E-state index contributed by atoms with van der Waals surface area (Å²) in [6.07, 6.45) is 0. The number of carboxylic acids is 1. The van der Waals surface area contributed by atoms with Crippen molar-refractivity contribution < 1.29 is 15.0 Å². The molecule has 2 N–H and O–H groups in total. The molecule has 4 heteroatoms. The molecule has 0 bridgehead atoms.